The van der Waals surface area contributed by atoms with Crippen molar-refractivity contribution in [3.8, 4) is 0 Å². The van der Waals surface area contributed by atoms with Crippen molar-refractivity contribution < 1.29 is 31.9 Å². The van der Waals surface area contributed by atoms with Crippen molar-refractivity contribution in [3.63, 3.8) is 0 Å². The zero-order valence-electron chi connectivity index (χ0n) is 17.6. The Hall–Kier alpha value is -3.30. The number of furan rings is 1. The third-order valence-electron chi connectivity index (χ3n) is 5.21. The summed E-state index contributed by atoms with van der Waals surface area (Å²) < 4.78 is 43.1. The zero-order chi connectivity index (χ0) is 23.6. The summed E-state index contributed by atoms with van der Waals surface area (Å²) in [7, 11) is -2.71. The molecule has 0 radical (unpaired) electrons. The predicted octanol–water partition coefficient (Wildman–Crippen LogP) is 4.22. The molecule has 0 unspecified atom stereocenters. The molecular formula is C23H20ClNO7S. The largest absolute Gasteiger partial charge is 0.463 e. The van der Waals surface area contributed by atoms with Crippen LogP contribution in [0.1, 0.15) is 38.7 Å². The van der Waals surface area contributed by atoms with Crippen LogP contribution in [-0.4, -0.2) is 34.0 Å². The van der Waals surface area contributed by atoms with E-state index in [-0.39, 0.29) is 33.6 Å². The smallest absolute Gasteiger partial charge is 0.373 e. The van der Waals surface area contributed by atoms with Crippen molar-refractivity contribution >= 4 is 39.3 Å². The molecule has 0 N–H and O–H groups in total. The van der Waals surface area contributed by atoms with Crippen LogP contribution in [0, 0.1) is 0 Å². The molecule has 33 heavy (non-hydrogen) atoms. The molecule has 4 rings (SSSR count). The molecule has 0 fully saturated rings. The Morgan fingerprint density at radius 2 is 1.88 bits per heavy atom. The van der Waals surface area contributed by atoms with Crippen molar-refractivity contribution in [1.29, 1.82) is 0 Å². The highest BCUT2D eigenvalue weighted by Crippen LogP contribution is 2.33. The monoisotopic (exact) mass is 489 g/mol. The van der Waals surface area contributed by atoms with Gasteiger partial charge in [0.1, 0.15) is 12.4 Å². The molecule has 172 valence electrons. The maximum atomic E-state index is 13.4. The highest BCUT2D eigenvalue weighted by atomic mass is 35.5. The van der Waals surface area contributed by atoms with Gasteiger partial charge in [-0.2, -0.15) is 0 Å². The molecule has 1 aromatic heterocycles. The van der Waals surface area contributed by atoms with E-state index >= 15 is 0 Å². The molecule has 0 bridgehead atoms. The molecule has 0 atom stereocenters. The highest BCUT2D eigenvalue weighted by molar-refractivity contribution is 7.92. The Morgan fingerprint density at radius 1 is 1.09 bits per heavy atom. The number of hydrogen-bond donors (Lipinski definition) is 0. The van der Waals surface area contributed by atoms with E-state index in [0.717, 1.165) is 12.0 Å². The van der Waals surface area contributed by atoms with Gasteiger partial charge >= 0.3 is 11.9 Å². The summed E-state index contributed by atoms with van der Waals surface area (Å²) in [6, 6.07) is 14.1. The quantitative estimate of drug-likeness (QED) is 0.477. The number of ether oxygens (including phenoxy) is 2. The van der Waals surface area contributed by atoms with Crippen LogP contribution in [0.3, 0.4) is 0 Å². The molecule has 10 heteroatoms. The Morgan fingerprint density at radius 3 is 2.67 bits per heavy atom. The van der Waals surface area contributed by atoms with Gasteiger partial charge in [0.05, 0.1) is 28.3 Å². The number of carbonyl (C=O) groups is 2. The lowest BCUT2D eigenvalue weighted by atomic mass is 10.0. The lowest BCUT2D eigenvalue weighted by Gasteiger charge is -2.30. The summed E-state index contributed by atoms with van der Waals surface area (Å²) in [6.45, 7) is 0.0609. The maximum absolute atomic E-state index is 13.4. The summed E-state index contributed by atoms with van der Waals surface area (Å²) >= 11 is 6.16. The summed E-state index contributed by atoms with van der Waals surface area (Å²) in [6.07, 6.45) is 1.49. The molecule has 1 aliphatic rings. The molecule has 1 aliphatic heterocycles. The van der Waals surface area contributed by atoms with E-state index in [0.29, 0.717) is 18.7 Å². The molecule has 3 aromatic rings. The minimum Gasteiger partial charge on any atom is -0.463 e. The van der Waals surface area contributed by atoms with Crippen LogP contribution in [-0.2, 0) is 32.5 Å². The molecule has 8 nitrogen and oxygen atoms in total. The summed E-state index contributed by atoms with van der Waals surface area (Å²) in [4.78, 5) is 24.0. The Kier molecular flexibility index (Phi) is 6.44. The number of carbonyl (C=O) groups excluding carboxylic acids is 2. The fourth-order valence-corrected chi connectivity index (χ4v) is 5.34. The predicted molar refractivity (Wildman–Crippen MR) is 120 cm³/mol. The first-order valence-corrected chi connectivity index (χ1v) is 11.9. The number of para-hydroxylation sites is 1. The number of aryl methyl sites for hydroxylation is 1. The van der Waals surface area contributed by atoms with Crippen molar-refractivity contribution in [3.05, 3.63) is 82.3 Å². The van der Waals surface area contributed by atoms with E-state index in [1.54, 1.807) is 12.1 Å². The SMILES string of the molecule is COC(=O)c1ccc(COC(=O)c2cc(S(=O)(=O)N3CCCc4ccccc43)ccc2Cl)o1. The van der Waals surface area contributed by atoms with Gasteiger partial charge in [-0.15, -0.1) is 0 Å². The van der Waals surface area contributed by atoms with Crippen LogP contribution in [0.5, 0.6) is 0 Å². The average molecular weight is 490 g/mol. The molecule has 0 spiro atoms. The Bertz CT molecular complexity index is 1320. The van der Waals surface area contributed by atoms with Gasteiger partial charge in [0.2, 0.25) is 5.76 Å². The van der Waals surface area contributed by atoms with Crippen molar-refractivity contribution in [2.24, 2.45) is 0 Å². The lowest BCUT2D eigenvalue weighted by Crippen LogP contribution is -2.35. The summed E-state index contributed by atoms with van der Waals surface area (Å²) in [5.74, 6) is -1.30. The molecule has 0 amide bonds. The summed E-state index contributed by atoms with van der Waals surface area (Å²) in [5, 5.41) is 0.0488. The van der Waals surface area contributed by atoms with Crippen LogP contribution >= 0.6 is 11.6 Å². The Labute approximate surface area is 195 Å². The number of nitrogens with zero attached hydrogens (tertiary/aromatic N) is 1. The Balaban J connectivity index is 1.56. The molecule has 0 saturated heterocycles. The molecule has 2 heterocycles. The number of methoxy groups -OCH3 is 1. The minimum atomic E-state index is -3.93. The number of fused-ring (bicyclic) bond motifs is 1. The zero-order valence-corrected chi connectivity index (χ0v) is 19.2. The van der Waals surface area contributed by atoms with Crippen LogP contribution in [0.2, 0.25) is 5.02 Å². The van der Waals surface area contributed by atoms with Gasteiger partial charge < -0.3 is 13.9 Å². The second-order valence-electron chi connectivity index (χ2n) is 7.28. The van der Waals surface area contributed by atoms with Gasteiger partial charge in [-0.1, -0.05) is 29.8 Å². The third-order valence-corrected chi connectivity index (χ3v) is 7.35. The highest BCUT2D eigenvalue weighted by Gasteiger charge is 2.30. The van der Waals surface area contributed by atoms with Gasteiger partial charge in [0.15, 0.2) is 0 Å². The van der Waals surface area contributed by atoms with Gasteiger partial charge in [-0.3, -0.25) is 4.31 Å². The number of esters is 2. The molecule has 2 aromatic carbocycles. The van der Waals surface area contributed by atoms with Gasteiger partial charge in [0, 0.05) is 6.54 Å². The van der Waals surface area contributed by atoms with Crippen LogP contribution in [0.25, 0.3) is 0 Å². The first-order chi connectivity index (χ1) is 15.8. The van der Waals surface area contributed by atoms with Gasteiger partial charge in [-0.25, -0.2) is 18.0 Å². The van der Waals surface area contributed by atoms with Crippen molar-refractivity contribution in [2.75, 3.05) is 18.0 Å². The van der Waals surface area contributed by atoms with Crippen LogP contribution in [0.4, 0.5) is 5.69 Å². The van der Waals surface area contributed by atoms with Gasteiger partial charge in [0.25, 0.3) is 10.0 Å². The maximum Gasteiger partial charge on any atom is 0.373 e. The van der Waals surface area contributed by atoms with Crippen molar-refractivity contribution in [2.45, 2.75) is 24.3 Å². The average Bonchev–Trinajstić information content (AvgIpc) is 3.31. The lowest BCUT2D eigenvalue weighted by molar-refractivity contribution is 0.0438. The second-order valence-corrected chi connectivity index (χ2v) is 9.55. The number of halogens is 1. The molecular weight excluding hydrogens is 470 g/mol. The number of anilines is 1. The van der Waals surface area contributed by atoms with E-state index < -0.39 is 22.0 Å². The fraction of sp³-hybridized carbons (Fsp3) is 0.217. The first-order valence-electron chi connectivity index (χ1n) is 10.1. The molecule has 0 aliphatic carbocycles. The second kappa shape index (κ2) is 9.29. The fourth-order valence-electron chi connectivity index (χ4n) is 3.58. The topological polar surface area (TPSA) is 103 Å². The minimum absolute atomic E-state index is 0.0310. The third kappa shape index (κ3) is 4.60. The first kappa shape index (κ1) is 22.9. The molecule has 0 saturated carbocycles. The summed E-state index contributed by atoms with van der Waals surface area (Å²) in [5.41, 5.74) is 1.48. The number of rotatable bonds is 6. The van der Waals surface area contributed by atoms with E-state index in [1.165, 1.54) is 41.7 Å². The number of hydrogen-bond acceptors (Lipinski definition) is 7. The van der Waals surface area contributed by atoms with Gasteiger partial charge in [-0.05, 0) is 54.8 Å². The van der Waals surface area contributed by atoms with E-state index in [2.05, 4.69) is 4.74 Å². The number of sulfonamides is 1. The van der Waals surface area contributed by atoms with Crippen LogP contribution < -0.4 is 4.31 Å². The van der Waals surface area contributed by atoms with Crippen LogP contribution in [0.15, 0.2) is 63.9 Å². The number of benzene rings is 2. The standard InChI is InChI=1S/C23H20ClNO7S/c1-30-23(27)21-11-8-16(32-21)14-31-22(26)18-13-17(9-10-19(18)24)33(28,29)25-12-4-6-15-5-2-3-7-20(15)25/h2-3,5,7-11,13H,4,6,12,14H2,1H3. The van der Waals surface area contributed by atoms with E-state index in [1.807, 2.05) is 12.1 Å². The van der Waals surface area contributed by atoms with E-state index in [4.69, 9.17) is 20.8 Å². The van der Waals surface area contributed by atoms with E-state index in [9.17, 15) is 18.0 Å². The van der Waals surface area contributed by atoms with Crippen molar-refractivity contribution in [1.82, 2.24) is 0 Å². The normalized spacial score (nSPS) is 13.3.